The summed E-state index contributed by atoms with van der Waals surface area (Å²) in [4.78, 5) is 0. The summed E-state index contributed by atoms with van der Waals surface area (Å²) >= 11 is 0. The van der Waals surface area contributed by atoms with Crippen LogP contribution in [0.25, 0.3) is 0 Å². The molecule has 2 rings (SSSR count). The molecule has 17 heavy (non-hydrogen) atoms. The molecule has 2 heteroatoms. The van der Waals surface area contributed by atoms with E-state index >= 15 is 0 Å². The summed E-state index contributed by atoms with van der Waals surface area (Å²) in [5.74, 6) is 2.33. The lowest BCUT2D eigenvalue weighted by molar-refractivity contribution is 0.142. The number of terminal acetylenes is 1. The second-order valence-electron chi connectivity index (χ2n) is 3.74. The van der Waals surface area contributed by atoms with E-state index in [9.17, 15) is 10.2 Å². The Morgan fingerprint density at radius 3 is 2.12 bits per heavy atom. The molecule has 2 N–H and O–H groups in total. The fourth-order valence-electron chi connectivity index (χ4n) is 1.78. The third kappa shape index (κ3) is 1.89. The highest BCUT2D eigenvalue weighted by Crippen LogP contribution is 2.34. The van der Waals surface area contributed by atoms with Crippen LogP contribution in [0.1, 0.15) is 11.1 Å². The Bertz CT molecular complexity index is 555. The first-order chi connectivity index (χ1) is 8.18. The average Bonchev–Trinajstić information content (AvgIpc) is 2.39. The van der Waals surface area contributed by atoms with Crippen molar-refractivity contribution in [3.05, 3.63) is 65.7 Å². The van der Waals surface area contributed by atoms with Crippen molar-refractivity contribution in [2.45, 2.75) is 5.60 Å². The normalized spacial score (nSPS) is 13.6. The van der Waals surface area contributed by atoms with Crippen LogP contribution in [0.2, 0.25) is 0 Å². The van der Waals surface area contributed by atoms with E-state index in [2.05, 4.69) is 5.92 Å². The SMILES string of the molecule is C#CC(O)(c1ccccc1)c1ccccc1O. The van der Waals surface area contributed by atoms with Gasteiger partial charge in [0.1, 0.15) is 5.75 Å². The molecule has 0 amide bonds. The zero-order valence-electron chi connectivity index (χ0n) is 9.17. The third-order valence-electron chi connectivity index (χ3n) is 2.69. The predicted octanol–water partition coefficient (Wildman–Crippen LogP) is 2.26. The molecule has 0 aromatic heterocycles. The number of benzene rings is 2. The van der Waals surface area contributed by atoms with Crippen LogP contribution in [0.3, 0.4) is 0 Å². The van der Waals surface area contributed by atoms with Gasteiger partial charge in [0.25, 0.3) is 0 Å². The summed E-state index contributed by atoms with van der Waals surface area (Å²) in [7, 11) is 0. The smallest absolute Gasteiger partial charge is 0.180 e. The van der Waals surface area contributed by atoms with E-state index in [0.717, 1.165) is 0 Å². The highest BCUT2D eigenvalue weighted by atomic mass is 16.3. The minimum Gasteiger partial charge on any atom is -0.508 e. The van der Waals surface area contributed by atoms with Gasteiger partial charge in [-0.25, -0.2) is 0 Å². The van der Waals surface area contributed by atoms with Gasteiger partial charge in [0, 0.05) is 11.1 Å². The molecule has 1 unspecified atom stereocenters. The molecule has 2 aromatic carbocycles. The molecule has 1 atom stereocenters. The summed E-state index contributed by atoms with van der Waals surface area (Å²) in [6.07, 6.45) is 5.43. The van der Waals surface area contributed by atoms with Crippen LogP contribution in [0.15, 0.2) is 54.6 Å². The molecule has 0 bridgehead atoms. The van der Waals surface area contributed by atoms with E-state index in [0.29, 0.717) is 11.1 Å². The number of phenols is 1. The number of hydrogen-bond donors (Lipinski definition) is 2. The quantitative estimate of drug-likeness (QED) is 0.768. The second-order valence-corrected chi connectivity index (χ2v) is 3.74. The van der Waals surface area contributed by atoms with Crippen LogP contribution < -0.4 is 0 Å². The van der Waals surface area contributed by atoms with Crippen molar-refractivity contribution in [3.63, 3.8) is 0 Å². The molecular formula is C15H12O2. The van der Waals surface area contributed by atoms with Gasteiger partial charge in [0.05, 0.1) is 0 Å². The summed E-state index contributed by atoms with van der Waals surface area (Å²) in [5, 5.41) is 20.3. The van der Waals surface area contributed by atoms with Crippen molar-refractivity contribution < 1.29 is 10.2 Å². The molecule has 0 aliphatic heterocycles. The lowest BCUT2D eigenvalue weighted by atomic mass is 9.86. The Hall–Kier alpha value is -2.24. The molecule has 84 valence electrons. The van der Waals surface area contributed by atoms with Crippen molar-refractivity contribution in [2.75, 3.05) is 0 Å². The molecule has 0 aliphatic carbocycles. The maximum absolute atomic E-state index is 10.5. The van der Waals surface area contributed by atoms with Gasteiger partial charge in [0.2, 0.25) is 0 Å². The number of rotatable bonds is 2. The number of aromatic hydroxyl groups is 1. The van der Waals surface area contributed by atoms with Crippen molar-refractivity contribution >= 4 is 0 Å². The van der Waals surface area contributed by atoms with Gasteiger partial charge in [0.15, 0.2) is 5.60 Å². The maximum atomic E-state index is 10.5. The number of hydrogen-bond acceptors (Lipinski definition) is 2. The molecule has 2 nitrogen and oxygen atoms in total. The fraction of sp³-hybridized carbons (Fsp3) is 0.0667. The Morgan fingerprint density at radius 2 is 1.53 bits per heavy atom. The van der Waals surface area contributed by atoms with Crippen LogP contribution in [0, 0.1) is 12.3 Å². The molecule has 2 aromatic rings. The molecule has 0 heterocycles. The molecule has 0 radical (unpaired) electrons. The Morgan fingerprint density at radius 1 is 0.941 bits per heavy atom. The van der Waals surface area contributed by atoms with Crippen LogP contribution in [-0.2, 0) is 5.60 Å². The van der Waals surface area contributed by atoms with Gasteiger partial charge >= 0.3 is 0 Å². The molecule has 0 saturated carbocycles. The average molecular weight is 224 g/mol. The Kier molecular flexibility index (Phi) is 2.86. The zero-order chi connectivity index (χ0) is 12.3. The number of phenolic OH excluding ortho intramolecular Hbond substituents is 1. The largest absolute Gasteiger partial charge is 0.508 e. The molecule has 0 saturated heterocycles. The van der Waals surface area contributed by atoms with E-state index in [4.69, 9.17) is 6.42 Å². The van der Waals surface area contributed by atoms with Crippen molar-refractivity contribution in [1.29, 1.82) is 0 Å². The van der Waals surface area contributed by atoms with Gasteiger partial charge in [-0.05, 0) is 6.07 Å². The highest BCUT2D eigenvalue weighted by Gasteiger charge is 2.31. The number of para-hydroxylation sites is 1. The highest BCUT2D eigenvalue weighted by molar-refractivity contribution is 5.49. The van der Waals surface area contributed by atoms with E-state index in [-0.39, 0.29) is 5.75 Å². The maximum Gasteiger partial charge on any atom is 0.180 e. The monoisotopic (exact) mass is 224 g/mol. The molecule has 0 spiro atoms. The summed E-state index contributed by atoms with van der Waals surface area (Å²) in [6, 6.07) is 15.4. The molecule has 0 fully saturated rings. The minimum atomic E-state index is -1.60. The molecule has 0 aliphatic rings. The lowest BCUT2D eigenvalue weighted by Crippen LogP contribution is -2.25. The van der Waals surface area contributed by atoms with Gasteiger partial charge in [-0.15, -0.1) is 6.42 Å². The van der Waals surface area contributed by atoms with E-state index in [1.807, 2.05) is 6.07 Å². The van der Waals surface area contributed by atoms with Crippen LogP contribution in [0.4, 0.5) is 0 Å². The van der Waals surface area contributed by atoms with Gasteiger partial charge in [-0.2, -0.15) is 0 Å². The molecular weight excluding hydrogens is 212 g/mol. The van der Waals surface area contributed by atoms with Crippen LogP contribution >= 0.6 is 0 Å². The first kappa shape index (κ1) is 11.3. The van der Waals surface area contributed by atoms with E-state index < -0.39 is 5.60 Å². The van der Waals surface area contributed by atoms with E-state index in [1.54, 1.807) is 42.5 Å². The van der Waals surface area contributed by atoms with Crippen LogP contribution in [-0.4, -0.2) is 10.2 Å². The summed E-state index contributed by atoms with van der Waals surface area (Å²) in [5.41, 5.74) is -0.732. The second kappa shape index (κ2) is 4.32. The van der Waals surface area contributed by atoms with Gasteiger partial charge in [-0.3, -0.25) is 0 Å². The standard InChI is InChI=1S/C15H12O2/c1-2-15(17,12-8-4-3-5-9-12)13-10-6-7-11-14(13)16/h1,3-11,16-17H. The number of aliphatic hydroxyl groups is 1. The lowest BCUT2D eigenvalue weighted by Gasteiger charge is -2.23. The zero-order valence-corrected chi connectivity index (χ0v) is 9.17. The first-order valence-corrected chi connectivity index (χ1v) is 5.22. The first-order valence-electron chi connectivity index (χ1n) is 5.22. The van der Waals surface area contributed by atoms with Crippen molar-refractivity contribution in [3.8, 4) is 18.1 Å². The van der Waals surface area contributed by atoms with Gasteiger partial charge < -0.3 is 10.2 Å². The topological polar surface area (TPSA) is 40.5 Å². The summed E-state index contributed by atoms with van der Waals surface area (Å²) < 4.78 is 0. The van der Waals surface area contributed by atoms with Crippen molar-refractivity contribution in [1.82, 2.24) is 0 Å². The Labute approximate surface area is 100 Å². The minimum absolute atomic E-state index is 0.0168. The van der Waals surface area contributed by atoms with Crippen LogP contribution in [0.5, 0.6) is 5.75 Å². The van der Waals surface area contributed by atoms with Crippen molar-refractivity contribution in [2.24, 2.45) is 0 Å². The predicted molar refractivity (Wildman–Crippen MR) is 66.4 cm³/mol. The third-order valence-corrected chi connectivity index (χ3v) is 2.69. The van der Waals surface area contributed by atoms with Gasteiger partial charge in [-0.1, -0.05) is 54.5 Å². The van der Waals surface area contributed by atoms with E-state index in [1.165, 1.54) is 6.07 Å². The fourth-order valence-corrected chi connectivity index (χ4v) is 1.78. The Balaban J connectivity index is 2.62. The summed E-state index contributed by atoms with van der Waals surface area (Å²) in [6.45, 7) is 0.